The molecule has 18 heavy (non-hydrogen) atoms. The highest BCUT2D eigenvalue weighted by Crippen LogP contribution is 2.20. The number of aromatic amines is 1. The number of anilines is 1. The molecule has 2 aromatic rings. The summed E-state index contributed by atoms with van der Waals surface area (Å²) in [6.45, 7) is 3.34. The molecule has 8 heteroatoms. The average molecular weight is 270 g/mol. The van der Waals surface area contributed by atoms with Crippen molar-refractivity contribution >= 4 is 15.7 Å². The first kappa shape index (κ1) is 12.5. The molecule has 0 aliphatic rings. The SMILES string of the molecule is Cc1n[nH]c(C)c1NS(=O)(=O)c1cncc(F)c1. The number of pyridine rings is 1. The number of H-pyrrole nitrogens is 1. The first-order valence-corrected chi connectivity index (χ1v) is 6.53. The lowest BCUT2D eigenvalue weighted by atomic mass is 10.3. The molecule has 0 spiro atoms. The van der Waals surface area contributed by atoms with E-state index in [4.69, 9.17) is 0 Å². The standard InChI is InChI=1S/C10H11FN4O2S/c1-6-10(7(2)14-13-6)15-18(16,17)9-3-8(11)4-12-5-9/h3-5,15H,1-2H3,(H,13,14). The molecule has 96 valence electrons. The van der Waals surface area contributed by atoms with Crippen molar-refractivity contribution in [2.24, 2.45) is 0 Å². The number of hydrogen-bond donors (Lipinski definition) is 2. The lowest BCUT2D eigenvalue weighted by Gasteiger charge is -2.07. The Balaban J connectivity index is 2.39. The molecule has 0 aliphatic heterocycles. The second kappa shape index (κ2) is 4.37. The van der Waals surface area contributed by atoms with E-state index in [1.807, 2.05) is 0 Å². The summed E-state index contributed by atoms with van der Waals surface area (Å²) in [5.74, 6) is -0.710. The van der Waals surface area contributed by atoms with Crippen LogP contribution in [-0.4, -0.2) is 23.6 Å². The van der Waals surface area contributed by atoms with E-state index in [0.717, 1.165) is 18.5 Å². The quantitative estimate of drug-likeness (QED) is 0.881. The van der Waals surface area contributed by atoms with Crippen LogP contribution in [0.1, 0.15) is 11.4 Å². The molecule has 0 saturated carbocycles. The molecule has 2 N–H and O–H groups in total. The van der Waals surface area contributed by atoms with Gasteiger partial charge in [-0.2, -0.15) is 5.10 Å². The van der Waals surface area contributed by atoms with Crippen LogP contribution in [0.25, 0.3) is 0 Å². The Morgan fingerprint density at radius 1 is 1.33 bits per heavy atom. The fourth-order valence-electron chi connectivity index (χ4n) is 1.43. The van der Waals surface area contributed by atoms with E-state index in [1.54, 1.807) is 13.8 Å². The zero-order valence-electron chi connectivity index (χ0n) is 9.73. The molecule has 6 nitrogen and oxygen atoms in total. The van der Waals surface area contributed by atoms with E-state index in [-0.39, 0.29) is 4.90 Å². The van der Waals surface area contributed by atoms with Crippen molar-refractivity contribution in [1.29, 1.82) is 0 Å². The fraction of sp³-hybridized carbons (Fsp3) is 0.200. The van der Waals surface area contributed by atoms with E-state index in [0.29, 0.717) is 17.1 Å². The minimum absolute atomic E-state index is 0.234. The van der Waals surface area contributed by atoms with Gasteiger partial charge in [0.25, 0.3) is 10.0 Å². The Kier molecular flexibility index (Phi) is 3.04. The van der Waals surface area contributed by atoms with Crippen LogP contribution in [0, 0.1) is 19.7 Å². The zero-order valence-corrected chi connectivity index (χ0v) is 10.5. The Morgan fingerprint density at radius 3 is 2.61 bits per heavy atom. The van der Waals surface area contributed by atoms with Crippen LogP contribution in [0.15, 0.2) is 23.4 Å². The molecule has 0 aliphatic carbocycles. The third-order valence-electron chi connectivity index (χ3n) is 2.35. The van der Waals surface area contributed by atoms with Gasteiger partial charge in [-0.05, 0) is 19.9 Å². The van der Waals surface area contributed by atoms with Crippen LogP contribution >= 0.6 is 0 Å². The number of rotatable bonds is 3. The third-order valence-corrected chi connectivity index (χ3v) is 3.67. The number of halogens is 1. The lowest BCUT2D eigenvalue weighted by molar-refractivity contribution is 0.592. The third kappa shape index (κ3) is 2.33. The van der Waals surface area contributed by atoms with Crippen LogP contribution in [0.4, 0.5) is 10.1 Å². The van der Waals surface area contributed by atoms with E-state index in [9.17, 15) is 12.8 Å². The maximum atomic E-state index is 13.0. The average Bonchev–Trinajstić information content (AvgIpc) is 2.60. The normalized spacial score (nSPS) is 11.5. The fourth-order valence-corrected chi connectivity index (χ4v) is 2.59. The summed E-state index contributed by atoms with van der Waals surface area (Å²) in [5, 5.41) is 6.53. The minimum Gasteiger partial charge on any atom is -0.280 e. The molecular weight excluding hydrogens is 259 g/mol. The Hall–Kier alpha value is -1.96. The molecule has 0 amide bonds. The van der Waals surface area contributed by atoms with Crippen LogP contribution in [0.2, 0.25) is 0 Å². The monoisotopic (exact) mass is 270 g/mol. The van der Waals surface area contributed by atoms with Crippen LogP contribution in [-0.2, 0) is 10.0 Å². The van der Waals surface area contributed by atoms with Gasteiger partial charge in [0, 0.05) is 6.20 Å². The number of aromatic nitrogens is 3. The second-order valence-corrected chi connectivity index (χ2v) is 5.44. The Labute approximate surface area is 103 Å². The molecule has 0 fully saturated rings. The summed E-state index contributed by atoms with van der Waals surface area (Å²) in [6, 6.07) is 0.903. The van der Waals surface area contributed by atoms with Crippen molar-refractivity contribution in [3.8, 4) is 0 Å². The molecule has 0 atom stereocenters. The highest BCUT2D eigenvalue weighted by molar-refractivity contribution is 7.92. The molecule has 2 rings (SSSR count). The predicted octanol–water partition coefficient (Wildman–Crippen LogP) is 1.36. The lowest BCUT2D eigenvalue weighted by Crippen LogP contribution is -2.14. The molecule has 2 heterocycles. The summed E-state index contributed by atoms with van der Waals surface area (Å²) in [4.78, 5) is 3.27. The van der Waals surface area contributed by atoms with Crippen molar-refractivity contribution in [3.05, 3.63) is 35.7 Å². The maximum absolute atomic E-state index is 13.0. The van der Waals surface area contributed by atoms with Gasteiger partial charge in [-0.3, -0.25) is 14.8 Å². The largest absolute Gasteiger partial charge is 0.280 e. The summed E-state index contributed by atoms with van der Waals surface area (Å²) >= 11 is 0. The van der Waals surface area contributed by atoms with Crippen LogP contribution in [0.5, 0.6) is 0 Å². The first-order chi connectivity index (χ1) is 8.40. The molecule has 2 aromatic heterocycles. The summed E-state index contributed by atoms with van der Waals surface area (Å²) in [5.41, 5.74) is 1.46. The van der Waals surface area contributed by atoms with Gasteiger partial charge in [0.05, 0.1) is 23.3 Å². The molecule has 0 aromatic carbocycles. The van der Waals surface area contributed by atoms with Crippen molar-refractivity contribution < 1.29 is 12.8 Å². The highest BCUT2D eigenvalue weighted by Gasteiger charge is 2.18. The van der Waals surface area contributed by atoms with Crippen LogP contribution in [0.3, 0.4) is 0 Å². The van der Waals surface area contributed by atoms with E-state index in [1.165, 1.54) is 0 Å². The van der Waals surface area contributed by atoms with Gasteiger partial charge in [-0.25, -0.2) is 12.8 Å². The zero-order chi connectivity index (χ0) is 13.3. The predicted molar refractivity (Wildman–Crippen MR) is 63.1 cm³/mol. The number of hydrogen-bond acceptors (Lipinski definition) is 4. The van der Waals surface area contributed by atoms with Crippen molar-refractivity contribution in [1.82, 2.24) is 15.2 Å². The van der Waals surface area contributed by atoms with Gasteiger partial charge in [-0.15, -0.1) is 0 Å². The number of nitrogens with one attached hydrogen (secondary N) is 2. The highest BCUT2D eigenvalue weighted by atomic mass is 32.2. The number of aryl methyl sites for hydroxylation is 2. The van der Waals surface area contributed by atoms with Crippen molar-refractivity contribution in [3.63, 3.8) is 0 Å². The topological polar surface area (TPSA) is 87.7 Å². The summed E-state index contributed by atoms with van der Waals surface area (Å²) in [7, 11) is -3.86. The molecule has 0 unspecified atom stereocenters. The van der Waals surface area contributed by atoms with Crippen molar-refractivity contribution in [2.45, 2.75) is 18.7 Å². The summed E-state index contributed by atoms with van der Waals surface area (Å²) in [6.07, 6.45) is 2.02. The molecular formula is C10H11FN4O2S. The molecule has 0 saturated heterocycles. The smallest absolute Gasteiger partial charge is 0.263 e. The number of nitrogens with zero attached hydrogens (tertiary/aromatic N) is 2. The van der Waals surface area contributed by atoms with Gasteiger partial charge in [0.2, 0.25) is 0 Å². The molecule has 0 radical (unpaired) electrons. The van der Waals surface area contributed by atoms with Gasteiger partial charge in [0.1, 0.15) is 10.7 Å². The Bertz CT molecular complexity index is 661. The van der Waals surface area contributed by atoms with Gasteiger partial charge >= 0.3 is 0 Å². The minimum atomic E-state index is -3.86. The number of sulfonamides is 1. The molecule has 0 bridgehead atoms. The Morgan fingerprint density at radius 2 is 2.06 bits per heavy atom. The van der Waals surface area contributed by atoms with Gasteiger partial charge < -0.3 is 0 Å². The van der Waals surface area contributed by atoms with E-state index >= 15 is 0 Å². The summed E-state index contributed by atoms with van der Waals surface area (Å²) < 4.78 is 39.3. The first-order valence-electron chi connectivity index (χ1n) is 5.05. The second-order valence-electron chi connectivity index (χ2n) is 3.75. The van der Waals surface area contributed by atoms with E-state index < -0.39 is 15.8 Å². The van der Waals surface area contributed by atoms with E-state index in [2.05, 4.69) is 19.9 Å². The van der Waals surface area contributed by atoms with Crippen LogP contribution < -0.4 is 4.72 Å². The van der Waals surface area contributed by atoms with Gasteiger partial charge in [0.15, 0.2) is 0 Å². The van der Waals surface area contributed by atoms with Crippen molar-refractivity contribution in [2.75, 3.05) is 4.72 Å². The maximum Gasteiger partial charge on any atom is 0.263 e. The van der Waals surface area contributed by atoms with Gasteiger partial charge in [-0.1, -0.05) is 0 Å².